The fraction of sp³-hybridized carbons (Fsp3) is 0.0769. The molecule has 3 nitrogen and oxygen atoms in total. The van der Waals surface area contributed by atoms with E-state index in [1.54, 1.807) is 23.5 Å². The van der Waals surface area contributed by atoms with Gasteiger partial charge in [0, 0.05) is 9.90 Å². The van der Waals surface area contributed by atoms with Gasteiger partial charge in [0.15, 0.2) is 0 Å². The fourth-order valence-electron chi connectivity index (χ4n) is 1.68. The topological polar surface area (TPSA) is 35.0 Å². The van der Waals surface area contributed by atoms with Crippen molar-refractivity contribution in [2.75, 3.05) is 0 Å². The van der Waals surface area contributed by atoms with E-state index in [-0.39, 0.29) is 0 Å². The molecule has 90 valence electrons. The van der Waals surface area contributed by atoms with Crippen molar-refractivity contribution in [1.29, 1.82) is 0 Å². The van der Waals surface area contributed by atoms with Crippen LogP contribution in [0.2, 0.25) is 5.02 Å². The van der Waals surface area contributed by atoms with Gasteiger partial charge in [0.2, 0.25) is 5.88 Å². The van der Waals surface area contributed by atoms with Crippen molar-refractivity contribution in [2.45, 2.75) is 6.92 Å². The van der Waals surface area contributed by atoms with Crippen molar-refractivity contribution >= 4 is 33.2 Å². The van der Waals surface area contributed by atoms with E-state index in [0.717, 1.165) is 10.2 Å². The zero-order valence-corrected chi connectivity index (χ0v) is 11.1. The van der Waals surface area contributed by atoms with E-state index in [0.29, 0.717) is 16.7 Å². The van der Waals surface area contributed by atoms with Gasteiger partial charge in [-0.2, -0.15) is 0 Å². The van der Waals surface area contributed by atoms with Crippen LogP contribution in [0.5, 0.6) is 11.6 Å². The third-order valence-electron chi connectivity index (χ3n) is 2.43. The lowest BCUT2D eigenvalue weighted by Gasteiger charge is -2.05. The van der Waals surface area contributed by atoms with Crippen LogP contribution >= 0.6 is 22.9 Å². The number of aromatic nitrogens is 2. The third-order valence-corrected chi connectivity index (χ3v) is 3.62. The Morgan fingerprint density at radius 2 is 2.11 bits per heavy atom. The lowest BCUT2D eigenvalue weighted by atomic mass is 10.3. The van der Waals surface area contributed by atoms with E-state index in [4.69, 9.17) is 16.3 Å². The Hall–Kier alpha value is -1.65. The minimum Gasteiger partial charge on any atom is -0.438 e. The van der Waals surface area contributed by atoms with Crippen LogP contribution in [0.3, 0.4) is 0 Å². The maximum Gasteiger partial charge on any atom is 0.231 e. The summed E-state index contributed by atoms with van der Waals surface area (Å²) in [6, 6.07) is 9.28. The zero-order valence-electron chi connectivity index (χ0n) is 9.55. The minimum atomic E-state index is 0.562. The predicted octanol–water partition coefficient (Wildman–Crippen LogP) is 4.45. The molecule has 2 aromatic heterocycles. The van der Waals surface area contributed by atoms with Gasteiger partial charge in [-0.15, -0.1) is 11.3 Å². The van der Waals surface area contributed by atoms with Crippen molar-refractivity contribution in [2.24, 2.45) is 0 Å². The Morgan fingerprint density at radius 3 is 2.94 bits per heavy atom. The largest absolute Gasteiger partial charge is 0.438 e. The molecule has 0 spiro atoms. The molecule has 0 aliphatic carbocycles. The van der Waals surface area contributed by atoms with Crippen LogP contribution in [-0.2, 0) is 0 Å². The van der Waals surface area contributed by atoms with Crippen molar-refractivity contribution in [3.63, 3.8) is 0 Å². The predicted molar refractivity (Wildman–Crippen MR) is 73.7 cm³/mol. The molecule has 0 fully saturated rings. The molecule has 0 saturated heterocycles. The highest BCUT2D eigenvalue weighted by Crippen LogP contribution is 2.32. The molecule has 0 atom stereocenters. The van der Waals surface area contributed by atoms with Gasteiger partial charge in [-0.3, -0.25) is 0 Å². The molecule has 3 rings (SSSR count). The molecule has 0 amide bonds. The van der Waals surface area contributed by atoms with Gasteiger partial charge in [0.25, 0.3) is 0 Å². The Kier molecular flexibility index (Phi) is 2.89. The molecule has 1 aromatic carbocycles. The van der Waals surface area contributed by atoms with Crippen LogP contribution in [0, 0.1) is 6.92 Å². The van der Waals surface area contributed by atoms with Crippen molar-refractivity contribution in [3.8, 4) is 11.6 Å². The second-order valence-corrected chi connectivity index (χ2v) is 5.49. The first kappa shape index (κ1) is 11.4. The molecule has 18 heavy (non-hydrogen) atoms. The second-order valence-electron chi connectivity index (χ2n) is 3.81. The molecular weight excluding hydrogens is 268 g/mol. The maximum atomic E-state index is 5.92. The summed E-state index contributed by atoms with van der Waals surface area (Å²) in [7, 11) is 0. The van der Waals surface area contributed by atoms with Crippen molar-refractivity contribution in [1.82, 2.24) is 9.97 Å². The van der Waals surface area contributed by atoms with E-state index in [2.05, 4.69) is 9.97 Å². The van der Waals surface area contributed by atoms with Gasteiger partial charge in [0.1, 0.15) is 16.9 Å². The van der Waals surface area contributed by atoms with Gasteiger partial charge < -0.3 is 4.74 Å². The molecule has 0 bridgehead atoms. The smallest absolute Gasteiger partial charge is 0.231 e. The number of hydrogen-bond donors (Lipinski definition) is 0. The molecule has 0 N–H and O–H groups in total. The van der Waals surface area contributed by atoms with E-state index in [1.165, 1.54) is 11.2 Å². The van der Waals surface area contributed by atoms with Crippen LogP contribution in [0.15, 0.2) is 36.7 Å². The monoisotopic (exact) mass is 276 g/mol. The number of halogens is 1. The second kappa shape index (κ2) is 4.55. The normalized spacial score (nSPS) is 10.8. The maximum absolute atomic E-state index is 5.92. The van der Waals surface area contributed by atoms with Crippen LogP contribution in [-0.4, -0.2) is 9.97 Å². The summed E-state index contributed by atoms with van der Waals surface area (Å²) in [6.07, 6.45) is 1.51. The average molecular weight is 277 g/mol. The summed E-state index contributed by atoms with van der Waals surface area (Å²) in [5.41, 5.74) is 0. The Bertz CT molecular complexity index is 711. The van der Waals surface area contributed by atoms with Gasteiger partial charge >= 0.3 is 0 Å². The third kappa shape index (κ3) is 2.17. The molecule has 0 radical (unpaired) electrons. The summed E-state index contributed by atoms with van der Waals surface area (Å²) < 4.78 is 5.76. The number of ether oxygens (including phenoxy) is 1. The van der Waals surface area contributed by atoms with Gasteiger partial charge in [0.05, 0.1) is 5.39 Å². The highest BCUT2D eigenvalue weighted by atomic mass is 35.5. The number of aryl methyl sites for hydroxylation is 1. The van der Waals surface area contributed by atoms with E-state index in [9.17, 15) is 0 Å². The van der Waals surface area contributed by atoms with E-state index < -0.39 is 0 Å². The highest BCUT2D eigenvalue weighted by molar-refractivity contribution is 7.18. The summed E-state index contributed by atoms with van der Waals surface area (Å²) in [6.45, 7) is 2.04. The minimum absolute atomic E-state index is 0.562. The molecule has 0 saturated carbocycles. The summed E-state index contributed by atoms with van der Waals surface area (Å²) in [4.78, 5) is 10.5. The molecule has 0 unspecified atom stereocenters. The van der Waals surface area contributed by atoms with Gasteiger partial charge in [-0.05, 0) is 31.2 Å². The van der Waals surface area contributed by atoms with Crippen LogP contribution in [0.1, 0.15) is 4.88 Å². The Labute approximate surface area is 113 Å². The zero-order chi connectivity index (χ0) is 12.5. The Morgan fingerprint density at radius 1 is 1.22 bits per heavy atom. The molecular formula is C13H9ClN2OS. The lowest BCUT2D eigenvalue weighted by molar-refractivity contribution is 0.468. The molecule has 0 aliphatic heterocycles. The van der Waals surface area contributed by atoms with Crippen LogP contribution < -0.4 is 4.74 Å². The number of rotatable bonds is 2. The van der Waals surface area contributed by atoms with E-state index >= 15 is 0 Å². The number of benzene rings is 1. The summed E-state index contributed by atoms with van der Waals surface area (Å²) in [5.74, 6) is 1.23. The number of hydrogen-bond acceptors (Lipinski definition) is 4. The molecule has 2 heterocycles. The highest BCUT2D eigenvalue weighted by Gasteiger charge is 2.09. The summed E-state index contributed by atoms with van der Waals surface area (Å²) in [5, 5.41) is 1.57. The van der Waals surface area contributed by atoms with Crippen LogP contribution in [0.4, 0.5) is 0 Å². The first-order chi connectivity index (χ1) is 8.72. The summed E-state index contributed by atoms with van der Waals surface area (Å²) >= 11 is 7.55. The first-order valence-electron chi connectivity index (χ1n) is 5.37. The average Bonchev–Trinajstić information content (AvgIpc) is 2.71. The fourth-order valence-corrected chi connectivity index (χ4v) is 2.70. The number of nitrogens with zero attached hydrogens (tertiary/aromatic N) is 2. The van der Waals surface area contributed by atoms with Crippen molar-refractivity contribution in [3.05, 3.63) is 46.6 Å². The van der Waals surface area contributed by atoms with Gasteiger partial charge in [-0.1, -0.05) is 17.7 Å². The quantitative estimate of drug-likeness (QED) is 0.694. The number of thiophene rings is 1. The molecule has 5 heteroatoms. The van der Waals surface area contributed by atoms with Gasteiger partial charge in [-0.25, -0.2) is 9.97 Å². The van der Waals surface area contributed by atoms with Crippen LogP contribution in [0.25, 0.3) is 10.2 Å². The Balaban J connectivity index is 2.04. The SMILES string of the molecule is Cc1cc2c(Oc3cccc(Cl)c3)ncnc2s1. The van der Waals surface area contributed by atoms with E-state index in [1.807, 2.05) is 25.1 Å². The standard InChI is InChI=1S/C13H9ClN2OS/c1-8-5-11-12(15-7-16-13(11)18-8)17-10-4-2-3-9(14)6-10/h2-7H,1H3. The van der Waals surface area contributed by atoms with Crippen molar-refractivity contribution < 1.29 is 4.74 Å². The number of fused-ring (bicyclic) bond motifs is 1. The molecule has 3 aromatic rings. The molecule has 0 aliphatic rings. The lowest BCUT2D eigenvalue weighted by Crippen LogP contribution is -1.89. The first-order valence-corrected chi connectivity index (χ1v) is 6.56.